The zero-order valence-electron chi connectivity index (χ0n) is 22.5. The molecule has 0 amide bonds. The lowest BCUT2D eigenvalue weighted by Crippen LogP contribution is -2.16. The summed E-state index contributed by atoms with van der Waals surface area (Å²) < 4.78 is 11.7. The van der Waals surface area contributed by atoms with E-state index >= 15 is 0 Å². The molecule has 3 rings (SSSR count). The summed E-state index contributed by atoms with van der Waals surface area (Å²) in [5, 5.41) is 1.62. The topological polar surface area (TPSA) is 52.6 Å². The Balaban J connectivity index is 1.34. The number of hydrogen-bond acceptors (Lipinski definition) is 10. The molecule has 2 fully saturated rings. The Hall–Kier alpha value is -0.260. The van der Waals surface area contributed by atoms with Gasteiger partial charge in [0.1, 0.15) is 13.2 Å². The lowest BCUT2D eigenvalue weighted by molar-refractivity contribution is -0.139. The van der Waals surface area contributed by atoms with Crippen LogP contribution < -0.4 is 0 Å². The van der Waals surface area contributed by atoms with Crippen LogP contribution in [0.1, 0.15) is 49.3 Å². The Morgan fingerprint density at radius 2 is 1.18 bits per heavy atom. The predicted molar refractivity (Wildman–Crippen MR) is 175 cm³/mol. The summed E-state index contributed by atoms with van der Waals surface area (Å²) in [6.07, 6.45) is 0. The number of ether oxygens (including phenoxy) is 2. The Labute approximate surface area is 253 Å². The molecule has 6 atom stereocenters. The van der Waals surface area contributed by atoms with Crippen molar-refractivity contribution in [2.24, 2.45) is 0 Å². The molecule has 4 nitrogen and oxygen atoms in total. The first-order valence-corrected chi connectivity index (χ1v) is 18.7. The van der Waals surface area contributed by atoms with Gasteiger partial charge in [0.2, 0.25) is 0 Å². The van der Waals surface area contributed by atoms with Crippen LogP contribution in [0.5, 0.6) is 0 Å². The molecule has 6 unspecified atom stereocenters. The standard InChI is InChI=1S/C28H38O4S6/c1-17(2)27(29)31-11-23-13-35-25(37-23)15-33-19(5)21-7-9-22(10-8-21)20(6)34-16-26-36-14-24(38-26)12-32-28(30)18(3)4/h7-10,19-20,23-26H,1,3,11-16H2,2,4-6H3. The summed E-state index contributed by atoms with van der Waals surface area (Å²) in [6.45, 7) is 16.2. The fourth-order valence-corrected chi connectivity index (χ4v) is 12.9. The van der Waals surface area contributed by atoms with Crippen molar-refractivity contribution in [2.75, 3.05) is 36.2 Å². The van der Waals surface area contributed by atoms with Crippen molar-refractivity contribution >= 4 is 82.5 Å². The fourth-order valence-electron chi connectivity index (χ4n) is 3.63. The fraction of sp³-hybridized carbons (Fsp3) is 0.571. The van der Waals surface area contributed by atoms with Gasteiger partial charge in [-0.25, -0.2) is 9.59 Å². The van der Waals surface area contributed by atoms with Gasteiger partial charge < -0.3 is 9.47 Å². The average molecular weight is 631 g/mol. The van der Waals surface area contributed by atoms with E-state index in [4.69, 9.17) is 9.47 Å². The molecule has 210 valence electrons. The molecule has 2 aliphatic rings. The van der Waals surface area contributed by atoms with Gasteiger partial charge >= 0.3 is 11.9 Å². The zero-order chi connectivity index (χ0) is 27.7. The van der Waals surface area contributed by atoms with Crippen LogP contribution in [-0.4, -0.2) is 67.8 Å². The molecule has 2 saturated heterocycles. The van der Waals surface area contributed by atoms with Gasteiger partial charge in [-0.1, -0.05) is 37.4 Å². The van der Waals surface area contributed by atoms with E-state index in [0.717, 1.165) is 23.0 Å². The van der Waals surface area contributed by atoms with Crippen molar-refractivity contribution in [2.45, 2.75) is 57.9 Å². The Morgan fingerprint density at radius 3 is 1.53 bits per heavy atom. The highest BCUT2D eigenvalue weighted by Gasteiger charge is 2.29. The predicted octanol–water partition coefficient (Wildman–Crippen LogP) is 7.86. The molecule has 38 heavy (non-hydrogen) atoms. The van der Waals surface area contributed by atoms with Crippen LogP contribution in [-0.2, 0) is 19.1 Å². The lowest BCUT2D eigenvalue weighted by atomic mass is 10.1. The average Bonchev–Trinajstić information content (AvgIpc) is 3.56. The SMILES string of the molecule is C=C(C)C(=O)OCC1CSC(CSC(C)c2ccc(C(C)SCC3SCC(COC(=O)C(=C)C)S3)cc2)S1. The minimum Gasteiger partial charge on any atom is -0.461 e. The second-order valence-electron chi connectivity index (χ2n) is 9.42. The first-order valence-electron chi connectivity index (χ1n) is 12.6. The minimum atomic E-state index is -0.290. The number of esters is 2. The Bertz CT molecular complexity index is 892. The molecule has 0 radical (unpaired) electrons. The second kappa shape index (κ2) is 16.2. The van der Waals surface area contributed by atoms with Gasteiger partial charge in [-0.15, -0.1) is 47.0 Å². The van der Waals surface area contributed by atoms with Crippen molar-refractivity contribution in [3.8, 4) is 0 Å². The third-order valence-electron chi connectivity index (χ3n) is 5.96. The maximum Gasteiger partial charge on any atom is 0.333 e. The Morgan fingerprint density at radius 1 is 0.816 bits per heavy atom. The monoisotopic (exact) mass is 630 g/mol. The maximum atomic E-state index is 11.6. The van der Waals surface area contributed by atoms with E-state index in [0.29, 0.717) is 54.5 Å². The molecule has 1 aromatic rings. The number of thioether (sulfide) groups is 6. The summed E-state index contributed by atoms with van der Waals surface area (Å²) in [6, 6.07) is 9.13. The zero-order valence-corrected chi connectivity index (χ0v) is 27.4. The smallest absolute Gasteiger partial charge is 0.333 e. The second-order valence-corrected chi connectivity index (χ2v) is 18.2. The van der Waals surface area contributed by atoms with E-state index in [1.807, 2.05) is 70.6 Å². The molecule has 2 heterocycles. The number of hydrogen-bond donors (Lipinski definition) is 0. The van der Waals surface area contributed by atoms with E-state index in [2.05, 4.69) is 51.3 Å². The molecule has 10 heteroatoms. The van der Waals surface area contributed by atoms with Crippen LogP contribution in [0, 0.1) is 0 Å². The van der Waals surface area contributed by atoms with Gasteiger partial charge in [-0.2, -0.15) is 23.5 Å². The van der Waals surface area contributed by atoms with E-state index < -0.39 is 0 Å². The van der Waals surface area contributed by atoms with Crippen LogP contribution in [0.25, 0.3) is 0 Å². The lowest BCUT2D eigenvalue weighted by Gasteiger charge is -2.18. The maximum absolute atomic E-state index is 11.6. The molecule has 0 saturated carbocycles. The molecule has 2 aliphatic heterocycles. The van der Waals surface area contributed by atoms with Crippen LogP contribution in [0.2, 0.25) is 0 Å². The van der Waals surface area contributed by atoms with Gasteiger partial charge in [0, 0.05) is 55.2 Å². The van der Waals surface area contributed by atoms with Crippen LogP contribution in [0.3, 0.4) is 0 Å². The van der Waals surface area contributed by atoms with Crippen LogP contribution >= 0.6 is 70.6 Å². The molecule has 0 spiro atoms. The molecule has 0 bridgehead atoms. The van der Waals surface area contributed by atoms with Crippen molar-refractivity contribution in [3.05, 3.63) is 59.7 Å². The van der Waals surface area contributed by atoms with Crippen molar-refractivity contribution < 1.29 is 19.1 Å². The summed E-state index contributed by atoms with van der Waals surface area (Å²) >= 11 is 11.8. The van der Waals surface area contributed by atoms with Crippen LogP contribution in [0.15, 0.2) is 48.6 Å². The number of carbonyl (C=O) groups excluding carboxylic acids is 2. The van der Waals surface area contributed by atoms with Gasteiger partial charge in [0.15, 0.2) is 0 Å². The van der Waals surface area contributed by atoms with Crippen LogP contribution in [0.4, 0.5) is 0 Å². The van der Waals surface area contributed by atoms with E-state index in [9.17, 15) is 9.59 Å². The van der Waals surface area contributed by atoms with E-state index in [1.54, 1.807) is 13.8 Å². The van der Waals surface area contributed by atoms with Crippen molar-refractivity contribution in [1.29, 1.82) is 0 Å². The summed E-state index contributed by atoms with van der Waals surface area (Å²) in [5.41, 5.74) is 3.65. The molecular weight excluding hydrogens is 593 g/mol. The Kier molecular flexibility index (Phi) is 13.8. The van der Waals surface area contributed by atoms with Gasteiger partial charge in [0.25, 0.3) is 0 Å². The van der Waals surface area contributed by atoms with Crippen molar-refractivity contribution in [3.63, 3.8) is 0 Å². The third-order valence-corrected chi connectivity index (χ3v) is 15.9. The third kappa shape index (κ3) is 10.6. The number of carbonyl (C=O) groups is 2. The first kappa shape index (κ1) is 32.3. The van der Waals surface area contributed by atoms with Gasteiger partial charge in [0.05, 0.1) is 9.16 Å². The van der Waals surface area contributed by atoms with Gasteiger partial charge in [-0.05, 0) is 38.8 Å². The molecular formula is C28H38O4S6. The molecule has 1 aromatic carbocycles. The molecule has 0 aromatic heterocycles. The van der Waals surface area contributed by atoms with E-state index in [-0.39, 0.29) is 11.9 Å². The summed E-state index contributed by atoms with van der Waals surface area (Å²) in [7, 11) is 0. The quantitative estimate of drug-likeness (QED) is 0.150. The van der Waals surface area contributed by atoms with Crippen molar-refractivity contribution in [1.82, 2.24) is 0 Å². The van der Waals surface area contributed by atoms with E-state index in [1.165, 1.54) is 11.1 Å². The first-order chi connectivity index (χ1) is 18.1. The number of rotatable bonds is 14. The molecule has 0 aliphatic carbocycles. The highest BCUT2D eigenvalue weighted by Crippen LogP contribution is 2.44. The van der Waals surface area contributed by atoms with Gasteiger partial charge in [-0.3, -0.25) is 0 Å². The summed E-state index contributed by atoms with van der Waals surface area (Å²) in [4.78, 5) is 23.2. The number of benzene rings is 1. The highest BCUT2D eigenvalue weighted by molar-refractivity contribution is 8.22. The molecule has 0 N–H and O–H groups in total. The largest absolute Gasteiger partial charge is 0.461 e. The normalized spacial score (nSPS) is 24.5. The minimum absolute atomic E-state index is 0.290. The highest BCUT2D eigenvalue weighted by atomic mass is 32.2. The summed E-state index contributed by atoms with van der Waals surface area (Å²) in [5.74, 6) is 3.64.